The number of aromatic amines is 1. The largest absolute Gasteiger partial charge is 1.00 e. The highest BCUT2D eigenvalue weighted by atomic mass is 35.5. The molecular formula is C18H19ClN2O8. The molecule has 11 heteroatoms. The summed E-state index contributed by atoms with van der Waals surface area (Å²) in [6.45, 7) is 0. The highest BCUT2D eigenvalue weighted by Gasteiger charge is 2.52. The molecule has 1 aliphatic carbocycles. The Kier molecular flexibility index (Phi) is 7.59. The summed E-state index contributed by atoms with van der Waals surface area (Å²) < 4.78 is 10.1. The van der Waals surface area contributed by atoms with E-state index in [1.54, 1.807) is 12.3 Å². The standard InChI is InChI=1S/C18H18N2O8.ClH/c21-11-13(23)16(28-18(26)10-4-2-6-20-8-10)14(24)12(22)15(11)27-17(25)9-3-1-5-19-7-9;/h1-8,11-16,21-24H;1H/t11-,12-,13-,14+,15?,16?;/m0./s1. The van der Waals surface area contributed by atoms with Gasteiger partial charge in [-0.3, -0.25) is 4.98 Å². The maximum absolute atomic E-state index is 12.1. The number of pyridine rings is 2. The minimum Gasteiger partial charge on any atom is -1.00 e. The molecule has 156 valence electrons. The molecule has 0 aliphatic heterocycles. The number of halogens is 1. The molecule has 1 fully saturated rings. The number of nitrogens with zero attached hydrogens (tertiary/aromatic N) is 1. The number of nitrogens with one attached hydrogen (secondary N) is 1. The van der Waals surface area contributed by atoms with Gasteiger partial charge in [-0.2, -0.15) is 0 Å². The minimum absolute atomic E-state index is 0. The van der Waals surface area contributed by atoms with Crippen molar-refractivity contribution in [2.45, 2.75) is 36.6 Å². The Morgan fingerprint density at radius 1 is 0.862 bits per heavy atom. The van der Waals surface area contributed by atoms with Crippen LogP contribution in [0, 0.1) is 0 Å². The van der Waals surface area contributed by atoms with Crippen molar-refractivity contribution in [3.63, 3.8) is 0 Å². The monoisotopic (exact) mass is 426 g/mol. The molecule has 5 N–H and O–H groups in total. The van der Waals surface area contributed by atoms with E-state index in [9.17, 15) is 30.0 Å². The summed E-state index contributed by atoms with van der Waals surface area (Å²) >= 11 is 0. The molecule has 0 aromatic carbocycles. The fourth-order valence-electron chi connectivity index (χ4n) is 2.85. The van der Waals surface area contributed by atoms with E-state index < -0.39 is 48.6 Å². The lowest BCUT2D eigenvalue weighted by molar-refractivity contribution is -0.378. The van der Waals surface area contributed by atoms with Crippen molar-refractivity contribution in [3.05, 3.63) is 60.2 Å². The van der Waals surface area contributed by atoms with Crippen LogP contribution in [0.5, 0.6) is 0 Å². The van der Waals surface area contributed by atoms with Gasteiger partial charge in [0, 0.05) is 18.5 Å². The van der Waals surface area contributed by atoms with Gasteiger partial charge in [-0.05, 0) is 18.2 Å². The van der Waals surface area contributed by atoms with Crippen molar-refractivity contribution in [3.8, 4) is 0 Å². The molecular weight excluding hydrogens is 408 g/mol. The number of rotatable bonds is 4. The number of H-pyrrole nitrogens is 1. The number of esters is 2. The SMILES string of the molecule is O=C(OC1[C@@H](O)[C@H](O)C(OC(=O)c2ccc[nH+]c2)[C@H](O)[C@@H]1O)c1cccnc1.[Cl-]. The van der Waals surface area contributed by atoms with Crippen LogP contribution in [0.2, 0.25) is 0 Å². The van der Waals surface area contributed by atoms with Gasteiger partial charge in [-0.1, -0.05) is 0 Å². The molecule has 1 saturated carbocycles. The number of hydrogen-bond acceptors (Lipinski definition) is 9. The Labute approximate surface area is 171 Å². The molecule has 0 spiro atoms. The molecule has 29 heavy (non-hydrogen) atoms. The Bertz CT molecular complexity index is 740. The number of hydrogen-bond donors (Lipinski definition) is 4. The third-order valence-electron chi connectivity index (χ3n) is 4.37. The van der Waals surface area contributed by atoms with Gasteiger partial charge < -0.3 is 42.3 Å². The van der Waals surface area contributed by atoms with E-state index in [0.29, 0.717) is 0 Å². The van der Waals surface area contributed by atoms with Crippen LogP contribution in [-0.4, -0.2) is 74.0 Å². The van der Waals surface area contributed by atoms with Gasteiger partial charge >= 0.3 is 11.9 Å². The average Bonchev–Trinajstić information content (AvgIpc) is 2.73. The number of aliphatic hydroxyl groups is 4. The predicted molar refractivity (Wildman–Crippen MR) is 89.7 cm³/mol. The maximum Gasteiger partial charge on any atom is 0.344 e. The molecule has 0 radical (unpaired) electrons. The van der Waals surface area contributed by atoms with Gasteiger partial charge in [0.25, 0.3) is 0 Å². The second kappa shape index (κ2) is 9.72. The predicted octanol–water partition coefficient (Wildman–Crippen LogP) is -4.89. The van der Waals surface area contributed by atoms with E-state index in [1.165, 1.54) is 36.8 Å². The summed E-state index contributed by atoms with van der Waals surface area (Å²) in [5, 5.41) is 41.1. The quantitative estimate of drug-likeness (QED) is 0.351. The maximum atomic E-state index is 12.1. The fourth-order valence-corrected chi connectivity index (χ4v) is 2.85. The topological polar surface area (TPSA) is 161 Å². The molecule has 2 heterocycles. The first-order valence-corrected chi connectivity index (χ1v) is 8.40. The third-order valence-corrected chi connectivity index (χ3v) is 4.37. The van der Waals surface area contributed by atoms with E-state index in [-0.39, 0.29) is 23.5 Å². The van der Waals surface area contributed by atoms with Crippen LogP contribution in [0.15, 0.2) is 49.1 Å². The molecule has 3 rings (SSSR count). The van der Waals surface area contributed by atoms with Gasteiger partial charge in [0.15, 0.2) is 24.6 Å². The molecule has 0 saturated heterocycles. The highest BCUT2D eigenvalue weighted by molar-refractivity contribution is 5.89. The number of ether oxygens (including phenoxy) is 2. The summed E-state index contributed by atoms with van der Waals surface area (Å²) in [6, 6.07) is 5.88. The number of aromatic nitrogens is 2. The Morgan fingerprint density at radius 3 is 1.83 bits per heavy atom. The van der Waals surface area contributed by atoms with Gasteiger partial charge in [0.1, 0.15) is 30.0 Å². The lowest BCUT2D eigenvalue weighted by atomic mass is 9.84. The molecule has 6 atom stereocenters. The van der Waals surface area contributed by atoms with E-state index in [0.717, 1.165) is 0 Å². The van der Waals surface area contributed by atoms with Gasteiger partial charge in [0.05, 0.1) is 5.56 Å². The Balaban J connectivity index is 0.00000300. The lowest BCUT2D eigenvalue weighted by Crippen LogP contribution is -3.00. The molecule has 2 aromatic heterocycles. The van der Waals surface area contributed by atoms with E-state index in [2.05, 4.69) is 9.97 Å². The number of aliphatic hydroxyl groups excluding tert-OH is 4. The van der Waals surface area contributed by atoms with Crippen LogP contribution in [0.4, 0.5) is 0 Å². The third kappa shape index (κ3) is 4.86. The van der Waals surface area contributed by atoms with Crippen LogP contribution < -0.4 is 17.4 Å². The summed E-state index contributed by atoms with van der Waals surface area (Å²) in [5.41, 5.74) is 0.163. The van der Waals surface area contributed by atoms with Crippen molar-refractivity contribution in [1.82, 2.24) is 4.98 Å². The summed E-state index contributed by atoms with van der Waals surface area (Å²) in [6.07, 6.45) is -4.92. The fraction of sp³-hybridized carbons (Fsp3) is 0.333. The normalized spacial score (nSPS) is 28.7. The first kappa shape index (κ1) is 22.7. The van der Waals surface area contributed by atoms with Crippen molar-refractivity contribution >= 4 is 11.9 Å². The zero-order valence-electron chi connectivity index (χ0n) is 14.8. The Morgan fingerprint density at radius 2 is 1.38 bits per heavy atom. The number of carbonyl (C=O) groups excluding carboxylic acids is 2. The first-order chi connectivity index (χ1) is 13.4. The van der Waals surface area contributed by atoms with Crippen molar-refractivity contribution < 1.29 is 56.9 Å². The minimum atomic E-state index is -1.81. The van der Waals surface area contributed by atoms with Gasteiger partial charge in [-0.25, -0.2) is 14.6 Å². The van der Waals surface area contributed by atoms with Crippen LogP contribution in [0.25, 0.3) is 0 Å². The zero-order valence-corrected chi connectivity index (χ0v) is 15.6. The number of carbonyl (C=O) groups is 2. The van der Waals surface area contributed by atoms with Crippen molar-refractivity contribution in [1.29, 1.82) is 0 Å². The van der Waals surface area contributed by atoms with E-state index in [4.69, 9.17) is 9.47 Å². The van der Waals surface area contributed by atoms with Crippen LogP contribution >= 0.6 is 0 Å². The second-order valence-electron chi connectivity index (χ2n) is 6.24. The molecule has 1 aliphatic rings. The second-order valence-corrected chi connectivity index (χ2v) is 6.24. The Hall–Kier alpha value is -2.63. The van der Waals surface area contributed by atoms with Crippen LogP contribution in [-0.2, 0) is 9.47 Å². The summed E-state index contributed by atoms with van der Waals surface area (Å²) in [7, 11) is 0. The van der Waals surface area contributed by atoms with E-state index >= 15 is 0 Å². The first-order valence-electron chi connectivity index (χ1n) is 8.40. The molecule has 2 unspecified atom stereocenters. The van der Waals surface area contributed by atoms with E-state index in [1.807, 2.05) is 0 Å². The van der Waals surface area contributed by atoms with Crippen molar-refractivity contribution in [2.24, 2.45) is 0 Å². The van der Waals surface area contributed by atoms with Gasteiger partial charge in [-0.15, -0.1) is 0 Å². The van der Waals surface area contributed by atoms with Crippen LogP contribution in [0.3, 0.4) is 0 Å². The summed E-state index contributed by atoms with van der Waals surface area (Å²) in [5.74, 6) is -1.80. The highest BCUT2D eigenvalue weighted by Crippen LogP contribution is 2.27. The summed E-state index contributed by atoms with van der Waals surface area (Å²) in [4.78, 5) is 30.7. The smallest absolute Gasteiger partial charge is 0.344 e. The van der Waals surface area contributed by atoms with Crippen LogP contribution in [0.1, 0.15) is 20.7 Å². The lowest BCUT2D eigenvalue weighted by Gasteiger charge is -2.42. The molecule has 10 nitrogen and oxygen atoms in total. The van der Waals surface area contributed by atoms with Gasteiger partial charge in [0.2, 0.25) is 0 Å². The average molecular weight is 427 g/mol. The molecule has 0 amide bonds. The van der Waals surface area contributed by atoms with Crippen molar-refractivity contribution in [2.75, 3.05) is 0 Å². The molecule has 0 bridgehead atoms. The zero-order chi connectivity index (χ0) is 20.3. The molecule has 2 aromatic rings.